The van der Waals surface area contributed by atoms with E-state index in [9.17, 15) is 14.3 Å². The van der Waals surface area contributed by atoms with E-state index in [1.54, 1.807) is 24.9 Å². The first-order chi connectivity index (χ1) is 11.3. The fourth-order valence-electron chi connectivity index (χ4n) is 2.55. The molecular weight excluding hydrogens is 307 g/mol. The fourth-order valence-corrected chi connectivity index (χ4v) is 2.55. The van der Waals surface area contributed by atoms with Crippen molar-refractivity contribution in [1.29, 1.82) is 0 Å². The van der Waals surface area contributed by atoms with E-state index in [0.29, 0.717) is 11.1 Å². The third-order valence-corrected chi connectivity index (χ3v) is 3.82. The van der Waals surface area contributed by atoms with Crippen LogP contribution in [0.3, 0.4) is 0 Å². The van der Waals surface area contributed by atoms with Crippen LogP contribution in [0.4, 0.5) is 10.1 Å². The molecule has 1 unspecified atom stereocenters. The van der Waals surface area contributed by atoms with E-state index in [1.807, 2.05) is 31.2 Å². The summed E-state index contributed by atoms with van der Waals surface area (Å²) in [6.07, 6.45) is -0.775. The molecule has 0 aliphatic carbocycles. The number of amides is 1. The van der Waals surface area contributed by atoms with Crippen molar-refractivity contribution < 1.29 is 14.3 Å². The van der Waals surface area contributed by atoms with E-state index in [1.165, 1.54) is 12.1 Å². The van der Waals surface area contributed by atoms with Gasteiger partial charge in [0.05, 0.1) is 12.6 Å². The third kappa shape index (κ3) is 5.15. The largest absolute Gasteiger partial charge is 0.387 e. The molecule has 5 heteroatoms. The summed E-state index contributed by atoms with van der Waals surface area (Å²) in [4.78, 5) is 13.8. The van der Waals surface area contributed by atoms with Gasteiger partial charge in [-0.1, -0.05) is 23.8 Å². The lowest BCUT2D eigenvalue weighted by molar-refractivity contribution is -0.117. The summed E-state index contributed by atoms with van der Waals surface area (Å²) in [7, 11) is 1.76. The number of nitrogens with zero attached hydrogens (tertiary/aromatic N) is 1. The van der Waals surface area contributed by atoms with E-state index in [-0.39, 0.29) is 24.8 Å². The number of anilines is 1. The molecule has 4 nitrogen and oxygen atoms in total. The summed E-state index contributed by atoms with van der Waals surface area (Å²) in [6.45, 7) is 4.18. The van der Waals surface area contributed by atoms with Gasteiger partial charge in [-0.2, -0.15) is 0 Å². The molecular formula is C19H23FN2O2. The Morgan fingerprint density at radius 2 is 1.88 bits per heavy atom. The first-order valence-corrected chi connectivity index (χ1v) is 7.84. The molecule has 0 saturated heterocycles. The molecule has 2 aromatic carbocycles. The number of likely N-dealkylation sites (N-methyl/N-ethyl adjacent to an activating group) is 1. The zero-order valence-corrected chi connectivity index (χ0v) is 14.2. The summed E-state index contributed by atoms with van der Waals surface area (Å²) >= 11 is 0. The van der Waals surface area contributed by atoms with Crippen LogP contribution < -0.4 is 5.32 Å². The average molecular weight is 330 g/mol. The number of carbonyl (C=O) groups is 1. The molecule has 0 fully saturated rings. The van der Waals surface area contributed by atoms with Crippen molar-refractivity contribution in [2.45, 2.75) is 20.0 Å². The molecule has 2 rings (SSSR count). The van der Waals surface area contributed by atoms with Crippen molar-refractivity contribution in [1.82, 2.24) is 4.90 Å². The number of aliphatic hydroxyl groups is 1. The minimum atomic E-state index is -0.775. The number of halogens is 1. The molecule has 0 spiro atoms. The van der Waals surface area contributed by atoms with Crippen molar-refractivity contribution >= 4 is 11.6 Å². The predicted octanol–water partition coefficient (Wildman–Crippen LogP) is 3.05. The van der Waals surface area contributed by atoms with E-state index in [4.69, 9.17) is 0 Å². The molecule has 128 valence electrons. The summed E-state index contributed by atoms with van der Waals surface area (Å²) < 4.78 is 13.1. The molecule has 0 aliphatic heterocycles. The Morgan fingerprint density at radius 3 is 2.50 bits per heavy atom. The Hall–Kier alpha value is -2.24. The molecule has 1 amide bonds. The Bertz CT molecular complexity index is 701. The molecule has 1 atom stereocenters. The lowest BCUT2D eigenvalue weighted by atomic mass is 10.0. The van der Waals surface area contributed by atoms with Crippen LogP contribution in [0.25, 0.3) is 0 Å². The molecule has 0 bridgehead atoms. The molecule has 0 radical (unpaired) electrons. The summed E-state index contributed by atoms with van der Waals surface area (Å²) in [5.74, 6) is -0.473. The second kappa shape index (κ2) is 8.04. The van der Waals surface area contributed by atoms with Gasteiger partial charge in [-0.3, -0.25) is 9.69 Å². The van der Waals surface area contributed by atoms with Crippen molar-refractivity contribution in [2.24, 2.45) is 0 Å². The van der Waals surface area contributed by atoms with Gasteiger partial charge < -0.3 is 10.4 Å². The standard InChI is InChI=1S/C19H23FN2O2/c1-13-4-7-16(8-5-13)21-19(24)12-22(3)11-18(23)17-9-6-15(20)10-14(17)2/h4-10,18,23H,11-12H2,1-3H3,(H,21,24). The van der Waals surface area contributed by atoms with Gasteiger partial charge in [0.15, 0.2) is 0 Å². The molecule has 0 aromatic heterocycles. The third-order valence-electron chi connectivity index (χ3n) is 3.82. The van der Waals surface area contributed by atoms with E-state index in [0.717, 1.165) is 11.3 Å². The highest BCUT2D eigenvalue weighted by Gasteiger charge is 2.15. The summed E-state index contributed by atoms with van der Waals surface area (Å²) in [6, 6.07) is 11.9. The number of aliphatic hydroxyl groups excluding tert-OH is 1. The lowest BCUT2D eigenvalue weighted by Gasteiger charge is -2.21. The maximum absolute atomic E-state index is 13.1. The van der Waals surface area contributed by atoms with Crippen molar-refractivity contribution in [3.63, 3.8) is 0 Å². The van der Waals surface area contributed by atoms with Crippen molar-refractivity contribution in [3.05, 3.63) is 65.0 Å². The summed E-state index contributed by atoms with van der Waals surface area (Å²) in [5.41, 5.74) is 3.24. The Morgan fingerprint density at radius 1 is 1.21 bits per heavy atom. The number of aryl methyl sites for hydroxylation is 2. The highest BCUT2D eigenvalue weighted by Crippen LogP contribution is 2.19. The van der Waals surface area contributed by atoms with Gasteiger partial charge in [-0.15, -0.1) is 0 Å². The zero-order chi connectivity index (χ0) is 17.7. The number of nitrogens with one attached hydrogen (secondary N) is 1. The van der Waals surface area contributed by atoms with Gasteiger partial charge in [0.2, 0.25) is 5.91 Å². The Kier molecular flexibility index (Phi) is 6.06. The molecule has 24 heavy (non-hydrogen) atoms. The van der Waals surface area contributed by atoms with Gasteiger partial charge in [0, 0.05) is 12.2 Å². The maximum Gasteiger partial charge on any atom is 0.238 e. The van der Waals surface area contributed by atoms with E-state index < -0.39 is 6.10 Å². The van der Waals surface area contributed by atoms with E-state index >= 15 is 0 Å². The van der Waals surface area contributed by atoms with Crippen LogP contribution in [0.15, 0.2) is 42.5 Å². The average Bonchev–Trinajstić information content (AvgIpc) is 2.49. The number of hydrogen-bond acceptors (Lipinski definition) is 3. The van der Waals surface area contributed by atoms with Crippen LogP contribution in [0.5, 0.6) is 0 Å². The molecule has 0 heterocycles. The van der Waals surface area contributed by atoms with Crippen LogP contribution in [0.1, 0.15) is 22.8 Å². The summed E-state index contributed by atoms with van der Waals surface area (Å²) in [5, 5.41) is 13.1. The van der Waals surface area contributed by atoms with Crippen molar-refractivity contribution in [3.8, 4) is 0 Å². The minimum absolute atomic E-state index is 0.149. The molecule has 2 aromatic rings. The first kappa shape index (κ1) is 18.1. The Labute approximate surface area is 141 Å². The molecule has 2 N–H and O–H groups in total. The van der Waals surface area contributed by atoms with Gasteiger partial charge in [0.1, 0.15) is 5.82 Å². The smallest absolute Gasteiger partial charge is 0.238 e. The van der Waals surface area contributed by atoms with E-state index in [2.05, 4.69) is 5.32 Å². The quantitative estimate of drug-likeness (QED) is 0.856. The number of carbonyl (C=O) groups excluding carboxylic acids is 1. The van der Waals surface area contributed by atoms with Crippen LogP contribution in [-0.2, 0) is 4.79 Å². The highest BCUT2D eigenvalue weighted by atomic mass is 19.1. The highest BCUT2D eigenvalue weighted by molar-refractivity contribution is 5.92. The van der Waals surface area contributed by atoms with Crippen LogP contribution in [-0.4, -0.2) is 36.1 Å². The minimum Gasteiger partial charge on any atom is -0.387 e. The second-order valence-corrected chi connectivity index (χ2v) is 6.13. The number of benzene rings is 2. The number of rotatable bonds is 6. The van der Waals surface area contributed by atoms with Crippen molar-refractivity contribution in [2.75, 3.05) is 25.5 Å². The van der Waals surface area contributed by atoms with Crippen LogP contribution >= 0.6 is 0 Å². The normalized spacial score (nSPS) is 12.2. The van der Waals surface area contributed by atoms with Gasteiger partial charge in [-0.05, 0) is 56.3 Å². The molecule has 0 saturated carbocycles. The zero-order valence-electron chi connectivity index (χ0n) is 14.2. The first-order valence-electron chi connectivity index (χ1n) is 7.84. The SMILES string of the molecule is Cc1ccc(NC(=O)CN(C)CC(O)c2ccc(F)cc2C)cc1. The second-order valence-electron chi connectivity index (χ2n) is 6.13. The topological polar surface area (TPSA) is 52.6 Å². The monoisotopic (exact) mass is 330 g/mol. The van der Waals surface area contributed by atoms with Gasteiger partial charge in [0.25, 0.3) is 0 Å². The Balaban J connectivity index is 1.88. The molecule has 0 aliphatic rings. The fraction of sp³-hybridized carbons (Fsp3) is 0.316. The van der Waals surface area contributed by atoms with Crippen LogP contribution in [0.2, 0.25) is 0 Å². The number of hydrogen-bond donors (Lipinski definition) is 2. The maximum atomic E-state index is 13.1. The van der Waals surface area contributed by atoms with Crippen LogP contribution in [0, 0.1) is 19.7 Å². The van der Waals surface area contributed by atoms with Gasteiger partial charge >= 0.3 is 0 Å². The van der Waals surface area contributed by atoms with Gasteiger partial charge in [-0.25, -0.2) is 4.39 Å². The predicted molar refractivity (Wildman–Crippen MR) is 93.4 cm³/mol. The lowest BCUT2D eigenvalue weighted by Crippen LogP contribution is -2.33.